The quantitative estimate of drug-likeness (QED) is 0.803. The summed E-state index contributed by atoms with van der Waals surface area (Å²) in [6.45, 7) is 4.30. The number of carbonyl (C=O) groups excluding carboxylic acids is 1. The van der Waals surface area contributed by atoms with Crippen LogP contribution in [0.1, 0.15) is 23.7 Å². The van der Waals surface area contributed by atoms with E-state index >= 15 is 0 Å². The lowest BCUT2D eigenvalue weighted by atomic mass is 9.90. The van der Waals surface area contributed by atoms with Crippen LogP contribution in [0.5, 0.6) is 0 Å². The largest absolute Gasteiger partial charge is 0.338 e. The Labute approximate surface area is 95.5 Å². The van der Waals surface area contributed by atoms with Gasteiger partial charge >= 0.3 is 0 Å². The number of hydrogen-bond acceptors (Lipinski definition) is 3. The molecule has 1 amide bonds. The summed E-state index contributed by atoms with van der Waals surface area (Å²) in [4.78, 5) is 17.9. The summed E-state index contributed by atoms with van der Waals surface area (Å²) in [5.74, 6) is 0.0604. The number of likely N-dealkylation sites (tertiary alicyclic amines) is 1. The standard InChI is InChI=1S/C12H17N3O/c1-12(8-13)4-6-15(9-12)11(16)10-3-2-5-14-7-10/h2-3,5,7H,4,6,8-9,13H2,1H3. The van der Waals surface area contributed by atoms with Crippen molar-refractivity contribution in [2.45, 2.75) is 13.3 Å². The SMILES string of the molecule is CC1(CN)CCN(C(=O)c2cccnc2)C1. The lowest BCUT2D eigenvalue weighted by Gasteiger charge is -2.22. The fraction of sp³-hybridized carbons (Fsp3) is 0.500. The van der Waals surface area contributed by atoms with Gasteiger partial charge < -0.3 is 10.6 Å². The number of hydrogen-bond donors (Lipinski definition) is 1. The molecule has 0 spiro atoms. The van der Waals surface area contributed by atoms with Crippen molar-refractivity contribution in [1.29, 1.82) is 0 Å². The van der Waals surface area contributed by atoms with E-state index in [0.29, 0.717) is 12.1 Å². The van der Waals surface area contributed by atoms with E-state index in [1.165, 1.54) is 0 Å². The van der Waals surface area contributed by atoms with Crippen molar-refractivity contribution in [3.63, 3.8) is 0 Å². The van der Waals surface area contributed by atoms with Gasteiger partial charge in [-0.1, -0.05) is 6.92 Å². The van der Waals surface area contributed by atoms with Crippen LogP contribution in [-0.2, 0) is 0 Å². The molecule has 0 bridgehead atoms. The van der Waals surface area contributed by atoms with Gasteiger partial charge in [0.15, 0.2) is 0 Å². The Morgan fingerprint density at radius 3 is 3.06 bits per heavy atom. The average Bonchev–Trinajstić information content (AvgIpc) is 2.73. The molecule has 16 heavy (non-hydrogen) atoms. The lowest BCUT2D eigenvalue weighted by molar-refractivity contribution is 0.0776. The molecule has 2 rings (SSSR count). The molecule has 1 unspecified atom stereocenters. The molecule has 1 aromatic heterocycles. The number of rotatable bonds is 2. The molecule has 1 aliphatic heterocycles. The van der Waals surface area contributed by atoms with Gasteiger partial charge in [-0.15, -0.1) is 0 Å². The van der Waals surface area contributed by atoms with E-state index in [1.54, 1.807) is 24.5 Å². The number of nitrogens with two attached hydrogens (primary N) is 1. The molecule has 4 heteroatoms. The van der Waals surface area contributed by atoms with Crippen LogP contribution < -0.4 is 5.73 Å². The maximum absolute atomic E-state index is 12.1. The van der Waals surface area contributed by atoms with Gasteiger partial charge in [0.1, 0.15) is 0 Å². The molecule has 0 saturated carbocycles. The zero-order chi connectivity index (χ0) is 11.6. The van der Waals surface area contributed by atoms with E-state index in [0.717, 1.165) is 19.5 Å². The Bertz CT molecular complexity index is 379. The molecule has 0 radical (unpaired) electrons. The van der Waals surface area contributed by atoms with Crippen molar-refractivity contribution in [3.05, 3.63) is 30.1 Å². The molecule has 2 heterocycles. The van der Waals surface area contributed by atoms with Gasteiger partial charge in [0.2, 0.25) is 0 Å². The van der Waals surface area contributed by atoms with Crippen LogP contribution in [0, 0.1) is 5.41 Å². The predicted octanol–water partition coefficient (Wildman–Crippen LogP) is 0.892. The molecule has 0 aromatic carbocycles. The van der Waals surface area contributed by atoms with Gasteiger partial charge in [-0.05, 0) is 30.5 Å². The third-order valence-corrected chi connectivity index (χ3v) is 3.25. The first-order valence-electron chi connectivity index (χ1n) is 5.54. The monoisotopic (exact) mass is 219 g/mol. The van der Waals surface area contributed by atoms with Crippen LogP contribution in [0.2, 0.25) is 0 Å². The third-order valence-electron chi connectivity index (χ3n) is 3.25. The van der Waals surface area contributed by atoms with Gasteiger partial charge in [0, 0.05) is 25.5 Å². The normalized spacial score (nSPS) is 24.8. The highest BCUT2D eigenvalue weighted by Crippen LogP contribution is 2.29. The number of amides is 1. The molecule has 1 atom stereocenters. The summed E-state index contributed by atoms with van der Waals surface area (Å²) < 4.78 is 0. The average molecular weight is 219 g/mol. The summed E-state index contributed by atoms with van der Waals surface area (Å²) >= 11 is 0. The fourth-order valence-electron chi connectivity index (χ4n) is 2.04. The van der Waals surface area contributed by atoms with Gasteiger partial charge in [0.25, 0.3) is 5.91 Å². The van der Waals surface area contributed by atoms with Crippen LogP contribution in [0.15, 0.2) is 24.5 Å². The zero-order valence-electron chi connectivity index (χ0n) is 9.52. The zero-order valence-corrected chi connectivity index (χ0v) is 9.52. The third kappa shape index (κ3) is 2.07. The van der Waals surface area contributed by atoms with Crippen molar-refractivity contribution in [1.82, 2.24) is 9.88 Å². The summed E-state index contributed by atoms with van der Waals surface area (Å²) in [7, 11) is 0. The highest BCUT2D eigenvalue weighted by atomic mass is 16.2. The number of aromatic nitrogens is 1. The predicted molar refractivity (Wildman–Crippen MR) is 61.9 cm³/mol. The maximum atomic E-state index is 12.1. The molecule has 1 aliphatic rings. The minimum atomic E-state index is 0.0604. The minimum absolute atomic E-state index is 0.0604. The first-order valence-corrected chi connectivity index (χ1v) is 5.54. The molecule has 1 aromatic rings. The lowest BCUT2D eigenvalue weighted by Crippen LogP contribution is -2.34. The molecule has 4 nitrogen and oxygen atoms in total. The van der Waals surface area contributed by atoms with E-state index in [1.807, 2.05) is 4.90 Å². The van der Waals surface area contributed by atoms with E-state index in [2.05, 4.69) is 11.9 Å². The fourth-order valence-corrected chi connectivity index (χ4v) is 2.04. The van der Waals surface area contributed by atoms with E-state index in [-0.39, 0.29) is 11.3 Å². The second-order valence-corrected chi connectivity index (χ2v) is 4.73. The molecular formula is C12H17N3O. The van der Waals surface area contributed by atoms with Crippen LogP contribution in [0.25, 0.3) is 0 Å². The van der Waals surface area contributed by atoms with Crippen LogP contribution in [-0.4, -0.2) is 35.4 Å². The van der Waals surface area contributed by atoms with Crippen LogP contribution >= 0.6 is 0 Å². The number of carbonyl (C=O) groups is 1. The number of pyridine rings is 1. The Morgan fingerprint density at radius 1 is 1.69 bits per heavy atom. The Kier molecular flexibility index (Phi) is 2.92. The van der Waals surface area contributed by atoms with Gasteiger partial charge in [-0.25, -0.2) is 0 Å². The first-order chi connectivity index (χ1) is 7.64. The minimum Gasteiger partial charge on any atom is -0.338 e. The van der Waals surface area contributed by atoms with Crippen molar-refractivity contribution in [2.75, 3.05) is 19.6 Å². The smallest absolute Gasteiger partial charge is 0.255 e. The van der Waals surface area contributed by atoms with E-state index in [4.69, 9.17) is 5.73 Å². The first kappa shape index (κ1) is 11.1. The van der Waals surface area contributed by atoms with Crippen LogP contribution in [0.3, 0.4) is 0 Å². The second-order valence-electron chi connectivity index (χ2n) is 4.73. The topological polar surface area (TPSA) is 59.2 Å². The summed E-state index contributed by atoms with van der Waals surface area (Å²) in [6, 6.07) is 3.58. The highest BCUT2D eigenvalue weighted by Gasteiger charge is 2.35. The van der Waals surface area contributed by atoms with Crippen LogP contribution in [0.4, 0.5) is 0 Å². The van der Waals surface area contributed by atoms with Crippen molar-refractivity contribution >= 4 is 5.91 Å². The van der Waals surface area contributed by atoms with Gasteiger partial charge in [-0.2, -0.15) is 0 Å². The van der Waals surface area contributed by atoms with E-state index in [9.17, 15) is 4.79 Å². The molecule has 86 valence electrons. The summed E-state index contributed by atoms with van der Waals surface area (Å²) in [5, 5.41) is 0. The summed E-state index contributed by atoms with van der Waals surface area (Å²) in [5.41, 5.74) is 6.46. The van der Waals surface area contributed by atoms with Gasteiger partial charge in [-0.3, -0.25) is 9.78 Å². The maximum Gasteiger partial charge on any atom is 0.255 e. The highest BCUT2D eigenvalue weighted by molar-refractivity contribution is 5.94. The molecular weight excluding hydrogens is 202 g/mol. The molecule has 0 aliphatic carbocycles. The van der Waals surface area contributed by atoms with Gasteiger partial charge in [0.05, 0.1) is 5.56 Å². The van der Waals surface area contributed by atoms with Crippen molar-refractivity contribution < 1.29 is 4.79 Å². The van der Waals surface area contributed by atoms with E-state index < -0.39 is 0 Å². The van der Waals surface area contributed by atoms with Crippen molar-refractivity contribution in [3.8, 4) is 0 Å². The molecule has 1 fully saturated rings. The summed E-state index contributed by atoms with van der Waals surface area (Å²) in [6.07, 6.45) is 4.26. The Morgan fingerprint density at radius 2 is 2.50 bits per heavy atom. The Hall–Kier alpha value is -1.42. The number of nitrogens with zero attached hydrogens (tertiary/aromatic N) is 2. The molecule has 2 N–H and O–H groups in total. The van der Waals surface area contributed by atoms with Crippen molar-refractivity contribution in [2.24, 2.45) is 11.1 Å². The Balaban J connectivity index is 2.08. The molecule has 1 saturated heterocycles. The second kappa shape index (κ2) is 4.22.